The molecule has 0 saturated heterocycles. The first-order valence-corrected chi connectivity index (χ1v) is 10.4. The van der Waals surface area contributed by atoms with Crippen LogP contribution in [0.1, 0.15) is 87.2 Å². The highest BCUT2D eigenvalue weighted by molar-refractivity contribution is 5.88. The summed E-state index contributed by atoms with van der Waals surface area (Å²) in [5, 5.41) is 17.6. The third-order valence-electron chi connectivity index (χ3n) is 4.93. The quantitative estimate of drug-likeness (QED) is 0.421. The zero-order valence-electron chi connectivity index (χ0n) is 16.5. The summed E-state index contributed by atoms with van der Waals surface area (Å²) in [6.07, 6.45) is 14.3. The van der Waals surface area contributed by atoms with Crippen LogP contribution in [-0.4, -0.2) is 21.3 Å². The van der Waals surface area contributed by atoms with Crippen molar-refractivity contribution in [1.29, 1.82) is 0 Å². The lowest BCUT2D eigenvalue weighted by Crippen LogP contribution is -1.97. The van der Waals surface area contributed by atoms with Crippen LogP contribution < -0.4 is 0 Å². The fourth-order valence-corrected chi connectivity index (χ4v) is 3.22. The summed E-state index contributed by atoms with van der Waals surface area (Å²) in [4.78, 5) is 10.9. The normalized spacial score (nSPS) is 10.9. The average Bonchev–Trinajstić information content (AvgIpc) is 2.70. The maximum atomic E-state index is 10.9. The molecule has 0 atom stereocenters. The topological polar surface area (TPSA) is 63.1 Å². The summed E-state index contributed by atoms with van der Waals surface area (Å²) < 4.78 is 0. The van der Waals surface area contributed by atoms with E-state index in [0.29, 0.717) is 0 Å². The van der Waals surface area contributed by atoms with Gasteiger partial charge in [-0.1, -0.05) is 76.8 Å². The van der Waals surface area contributed by atoms with Gasteiger partial charge in [-0.2, -0.15) is 10.2 Å². The number of benzene rings is 1. The second-order valence-electron chi connectivity index (χ2n) is 7.22. The molecule has 2 aromatic rings. The Bertz CT molecular complexity index is 666. The number of carboxylic acids is 1. The maximum Gasteiger partial charge on any atom is 0.335 e. The highest BCUT2D eigenvalue weighted by Gasteiger charge is 2.05. The molecule has 2 rings (SSSR count). The van der Waals surface area contributed by atoms with Crippen molar-refractivity contribution < 1.29 is 9.90 Å². The Morgan fingerprint density at radius 3 is 1.89 bits per heavy atom. The first-order valence-electron chi connectivity index (χ1n) is 10.4. The van der Waals surface area contributed by atoms with E-state index in [1.807, 2.05) is 12.1 Å². The molecular weight excluding hydrogens is 336 g/mol. The van der Waals surface area contributed by atoms with Crippen LogP contribution in [0, 0.1) is 0 Å². The van der Waals surface area contributed by atoms with E-state index in [1.54, 1.807) is 24.3 Å². The molecule has 0 radical (unpaired) electrons. The van der Waals surface area contributed by atoms with Gasteiger partial charge in [-0.05, 0) is 37.1 Å². The van der Waals surface area contributed by atoms with Gasteiger partial charge in [0.2, 0.25) is 0 Å². The number of carboxylic acid groups (broad SMARTS) is 1. The predicted octanol–water partition coefficient (Wildman–Crippen LogP) is 6.31. The molecule has 0 saturated carbocycles. The Morgan fingerprint density at radius 1 is 0.778 bits per heavy atom. The number of aromatic nitrogens is 2. The molecule has 1 aromatic carbocycles. The first kappa shape index (κ1) is 21.1. The number of carbonyl (C=O) groups is 1. The van der Waals surface area contributed by atoms with Crippen LogP contribution in [0.25, 0.3) is 11.3 Å². The van der Waals surface area contributed by atoms with E-state index in [9.17, 15) is 4.79 Å². The van der Waals surface area contributed by atoms with Crippen molar-refractivity contribution in [2.75, 3.05) is 0 Å². The standard InChI is InChI=1S/C23H32N2O2/c1-2-3-4-5-6-7-8-9-10-11-12-21-17-18-22(25-24-21)19-13-15-20(16-14-19)23(26)27/h13-18H,2-12H2,1H3,(H,26,27). The number of aromatic carboxylic acids is 1. The van der Waals surface area contributed by atoms with Crippen molar-refractivity contribution in [2.24, 2.45) is 0 Å². The van der Waals surface area contributed by atoms with Gasteiger partial charge in [0.05, 0.1) is 17.0 Å². The Labute approximate surface area is 163 Å². The van der Waals surface area contributed by atoms with Crippen molar-refractivity contribution >= 4 is 5.97 Å². The summed E-state index contributed by atoms with van der Waals surface area (Å²) in [7, 11) is 0. The number of unbranched alkanes of at least 4 members (excludes halogenated alkanes) is 9. The summed E-state index contributed by atoms with van der Waals surface area (Å²) in [6.45, 7) is 2.26. The van der Waals surface area contributed by atoms with E-state index >= 15 is 0 Å². The van der Waals surface area contributed by atoms with Crippen molar-refractivity contribution in [2.45, 2.75) is 77.6 Å². The monoisotopic (exact) mass is 368 g/mol. The van der Waals surface area contributed by atoms with Gasteiger partial charge in [0.15, 0.2) is 0 Å². The Balaban J connectivity index is 1.63. The highest BCUT2D eigenvalue weighted by atomic mass is 16.4. The predicted molar refractivity (Wildman–Crippen MR) is 110 cm³/mol. The molecule has 0 spiro atoms. The van der Waals surface area contributed by atoms with Crippen molar-refractivity contribution in [3.8, 4) is 11.3 Å². The lowest BCUT2D eigenvalue weighted by Gasteiger charge is -2.04. The number of nitrogens with zero attached hydrogens (tertiary/aromatic N) is 2. The maximum absolute atomic E-state index is 10.9. The van der Waals surface area contributed by atoms with Crippen molar-refractivity contribution in [1.82, 2.24) is 10.2 Å². The molecule has 27 heavy (non-hydrogen) atoms. The van der Waals surface area contributed by atoms with Gasteiger partial charge in [0, 0.05) is 5.56 Å². The van der Waals surface area contributed by atoms with Gasteiger partial charge in [0.1, 0.15) is 0 Å². The lowest BCUT2D eigenvalue weighted by molar-refractivity contribution is 0.0697. The largest absolute Gasteiger partial charge is 0.478 e. The van der Waals surface area contributed by atoms with Crippen LogP contribution in [0.2, 0.25) is 0 Å². The lowest BCUT2D eigenvalue weighted by atomic mass is 10.0. The van der Waals surface area contributed by atoms with Crippen LogP contribution >= 0.6 is 0 Å². The van der Waals surface area contributed by atoms with E-state index in [1.165, 1.54) is 57.8 Å². The smallest absolute Gasteiger partial charge is 0.335 e. The van der Waals surface area contributed by atoms with Crippen molar-refractivity contribution in [3.05, 3.63) is 47.7 Å². The van der Waals surface area contributed by atoms with E-state index in [4.69, 9.17) is 5.11 Å². The Morgan fingerprint density at radius 2 is 1.37 bits per heavy atom. The highest BCUT2D eigenvalue weighted by Crippen LogP contribution is 2.18. The molecule has 0 fully saturated rings. The van der Waals surface area contributed by atoms with Crippen molar-refractivity contribution in [3.63, 3.8) is 0 Å². The SMILES string of the molecule is CCCCCCCCCCCCc1ccc(-c2ccc(C(=O)O)cc2)nn1. The van der Waals surface area contributed by atoms with E-state index in [2.05, 4.69) is 17.1 Å². The second kappa shape index (κ2) is 12.2. The Kier molecular flexibility index (Phi) is 9.53. The fourth-order valence-electron chi connectivity index (χ4n) is 3.22. The molecule has 0 amide bonds. The molecule has 0 aliphatic heterocycles. The third-order valence-corrected chi connectivity index (χ3v) is 4.93. The molecule has 0 aliphatic carbocycles. The van der Waals surface area contributed by atoms with Gasteiger partial charge in [0.25, 0.3) is 0 Å². The number of rotatable bonds is 13. The summed E-state index contributed by atoms with van der Waals surface area (Å²) in [5.41, 5.74) is 2.97. The summed E-state index contributed by atoms with van der Waals surface area (Å²) in [5.74, 6) is -0.917. The minimum absolute atomic E-state index is 0.282. The average molecular weight is 369 g/mol. The van der Waals surface area contributed by atoms with Crippen LogP contribution in [0.3, 0.4) is 0 Å². The molecule has 1 aromatic heterocycles. The van der Waals surface area contributed by atoms with Gasteiger partial charge in [-0.25, -0.2) is 4.79 Å². The van der Waals surface area contributed by atoms with E-state index < -0.39 is 5.97 Å². The third kappa shape index (κ3) is 7.90. The van der Waals surface area contributed by atoms with Gasteiger partial charge < -0.3 is 5.11 Å². The van der Waals surface area contributed by atoms with Crippen LogP contribution in [0.4, 0.5) is 0 Å². The molecule has 0 bridgehead atoms. The molecule has 4 nitrogen and oxygen atoms in total. The minimum Gasteiger partial charge on any atom is -0.478 e. The molecule has 1 N–H and O–H groups in total. The second-order valence-corrected chi connectivity index (χ2v) is 7.22. The van der Waals surface area contributed by atoms with Crippen LogP contribution in [0.15, 0.2) is 36.4 Å². The zero-order chi connectivity index (χ0) is 19.3. The summed E-state index contributed by atoms with van der Waals surface area (Å²) in [6, 6.07) is 10.7. The van der Waals surface area contributed by atoms with Gasteiger partial charge in [-0.3, -0.25) is 0 Å². The number of hydrogen-bond acceptors (Lipinski definition) is 3. The minimum atomic E-state index is -0.917. The molecule has 146 valence electrons. The number of hydrogen-bond donors (Lipinski definition) is 1. The molecular formula is C23H32N2O2. The number of aryl methyl sites for hydroxylation is 1. The van der Waals surface area contributed by atoms with Gasteiger partial charge in [-0.15, -0.1) is 0 Å². The van der Waals surface area contributed by atoms with E-state index in [-0.39, 0.29) is 5.56 Å². The fraction of sp³-hybridized carbons (Fsp3) is 0.522. The first-order chi connectivity index (χ1) is 13.2. The summed E-state index contributed by atoms with van der Waals surface area (Å²) >= 11 is 0. The molecule has 0 aliphatic rings. The van der Waals surface area contributed by atoms with Crippen LogP contribution in [0.5, 0.6) is 0 Å². The molecule has 0 unspecified atom stereocenters. The van der Waals surface area contributed by atoms with Crippen LogP contribution in [-0.2, 0) is 6.42 Å². The molecule has 1 heterocycles. The van der Waals surface area contributed by atoms with Gasteiger partial charge >= 0.3 is 5.97 Å². The van der Waals surface area contributed by atoms with E-state index in [0.717, 1.165) is 29.8 Å². The Hall–Kier alpha value is -2.23. The zero-order valence-corrected chi connectivity index (χ0v) is 16.5. The molecule has 4 heteroatoms.